The van der Waals surface area contributed by atoms with Gasteiger partial charge in [0.1, 0.15) is 0 Å². The van der Waals surface area contributed by atoms with E-state index >= 15 is 0 Å². The van der Waals surface area contributed by atoms with Crippen molar-refractivity contribution in [3.8, 4) is 0 Å². The van der Waals surface area contributed by atoms with Gasteiger partial charge < -0.3 is 4.20 Å². The van der Waals surface area contributed by atoms with Crippen LogP contribution in [0, 0.1) is 0 Å². The molecule has 5 heteroatoms. The molecule has 0 N–H and O–H groups in total. The number of hydrogen-bond donors (Lipinski definition) is 0. The molecule has 0 aromatic rings. The summed E-state index contributed by atoms with van der Waals surface area (Å²) in [5, 5.41) is 0. The largest absolute Gasteiger partial charge is 1.00 e. The fraction of sp³-hybridized carbons (Fsp3) is 0. The van der Waals surface area contributed by atoms with Crippen LogP contribution < -0.4 is 18.9 Å². The summed E-state index contributed by atoms with van der Waals surface area (Å²) in [5.41, 5.74) is 0. The van der Waals surface area contributed by atoms with Gasteiger partial charge in [0.15, 0.2) is 0 Å². The second-order valence-corrected chi connectivity index (χ2v) is 4.79. The van der Waals surface area contributed by atoms with Gasteiger partial charge in [0.05, 0.1) is 0 Å². The van der Waals surface area contributed by atoms with Crippen molar-refractivity contribution in [2.45, 2.75) is 0 Å². The van der Waals surface area contributed by atoms with Gasteiger partial charge in [-0.15, -0.1) is 0 Å². The Hall–Kier alpha value is 2.04. The number of hydrogen-bond acceptors (Lipinski definition) is 1. The van der Waals surface area contributed by atoms with Crippen molar-refractivity contribution in [3.63, 3.8) is 0 Å². The van der Waals surface area contributed by atoms with E-state index in [1.165, 1.54) is 0 Å². The molecular weight excluding hydrogens is 216 g/mol. The van der Waals surface area contributed by atoms with E-state index in [2.05, 4.69) is 0 Å². The Balaban J connectivity index is 0. The Morgan fingerprint density at radius 1 is 1.80 bits per heavy atom. The van der Waals surface area contributed by atoms with Gasteiger partial charge in [-0.3, -0.25) is 8.09 Å². The van der Waals surface area contributed by atoms with E-state index in [-0.39, 0.29) is 27.0 Å². The van der Waals surface area contributed by atoms with E-state index in [0.717, 1.165) is 8.55 Å². The first-order valence-corrected chi connectivity index (χ1v) is 5.26. The monoisotopic (exact) mass is 216 g/mol. The summed E-state index contributed by atoms with van der Waals surface area (Å²) in [6, 6.07) is 0. The molecule has 0 amide bonds. The molecule has 26 valence electrons. The molecule has 0 rings (SSSR count). The smallest absolute Gasteiger partial charge is 0.454 e. The van der Waals surface area contributed by atoms with Gasteiger partial charge in [-0.1, -0.05) is 0 Å². The van der Waals surface area contributed by atoms with Crippen molar-refractivity contribution in [1.82, 2.24) is 0 Å². The quantitative estimate of drug-likeness (QED) is 0.332. The van der Waals surface area contributed by atoms with Crippen LogP contribution in [0.4, 0.5) is 4.20 Å². The third kappa shape index (κ3) is 10.7. The summed E-state index contributed by atoms with van der Waals surface area (Å²) in [5.74, 6) is 0. The summed E-state index contributed by atoms with van der Waals surface area (Å²) < 4.78 is 10.6. The fourth-order valence-corrected chi connectivity index (χ4v) is 0. The minimum Gasteiger partial charge on any atom is -0.454 e. The van der Waals surface area contributed by atoms with Gasteiger partial charge in [0, 0.05) is 0 Å². The third-order valence-electron chi connectivity index (χ3n) is 0.0261. The molecule has 0 aromatic carbocycles. The van der Waals surface area contributed by atoms with Gasteiger partial charge in [0.25, 0.3) is 0 Å². The second-order valence-electron chi connectivity index (χ2n) is 0.138. The van der Waals surface area contributed by atoms with Gasteiger partial charge in [0.2, 0.25) is 0 Å². The van der Waals surface area contributed by atoms with E-state index in [9.17, 15) is 4.20 Å². The van der Waals surface area contributed by atoms with E-state index in [4.69, 9.17) is 0 Å². The normalized spacial score (nSPS) is 8.40. The second kappa shape index (κ2) is 9.40. The van der Waals surface area contributed by atoms with Crippen molar-refractivity contribution in [3.05, 3.63) is 0 Å². The minimum absolute atomic E-state index is 0. The van der Waals surface area contributed by atoms with E-state index in [0.29, 0.717) is 0 Å². The first-order valence-electron chi connectivity index (χ1n) is 0.506. The van der Waals surface area contributed by atoms with Crippen molar-refractivity contribution < 1.29 is 23.1 Å². The van der Waals surface area contributed by atoms with Crippen LogP contribution in [0.1, 0.15) is 0 Å². The van der Waals surface area contributed by atoms with Gasteiger partial charge in [-0.2, -0.15) is 0 Å². The van der Waals surface area contributed by atoms with E-state index < -0.39 is 0 Å². The first kappa shape index (κ1) is 10.1. The van der Waals surface area contributed by atoms with Crippen LogP contribution in [-0.4, -0.2) is 0 Å². The van der Waals surface area contributed by atoms with Gasteiger partial charge in [-0.25, -0.2) is 8.55 Å². The summed E-state index contributed by atoms with van der Waals surface area (Å²) in [7, 11) is 1.03. The molecule has 0 spiro atoms. The molecule has 0 atom stereocenters. The average Bonchev–Trinajstić information content (AvgIpc) is 1.37. The SMILES string of the molecule is F[P-]SI.[Li+]. The summed E-state index contributed by atoms with van der Waals surface area (Å²) >= 11 is 1.88. The average molecular weight is 216 g/mol. The molecule has 5 heavy (non-hydrogen) atoms. The fourth-order valence-electron chi connectivity index (χ4n) is 0. The van der Waals surface area contributed by atoms with Gasteiger partial charge >= 0.3 is 18.9 Å². The first-order chi connectivity index (χ1) is 1.91. The van der Waals surface area contributed by atoms with Gasteiger partial charge in [-0.05, 0) is 21.2 Å². The van der Waals surface area contributed by atoms with Crippen LogP contribution in [0.5, 0.6) is 0 Å². The molecule has 0 aliphatic heterocycles. The number of halogens is 2. The summed E-state index contributed by atoms with van der Waals surface area (Å²) in [6.07, 6.45) is 0. The Morgan fingerprint density at radius 2 is 2.00 bits per heavy atom. The predicted molar refractivity (Wildman–Crippen MR) is 29.6 cm³/mol. The molecule has 0 saturated carbocycles. The maximum atomic E-state index is 10.6. The molecule has 0 unspecified atom stereocenters. The Kier molecular flexibility index (Phi) is 19.0. The van der Waals surface area contributed by atoms with Crippen molar-refractivity contribution >= 4 is 37.9 Å². The molecule has 0 aliphatic carbocycles. The zero-order valence-corrected chi connectivity index (χ0v) is 6.48. The van der Waals surface area contributed by atoms with E-state index in [1.54, 1.807) is 0 Å². The molecular formula is FILiPS. The standard InChI is InChI=1S/FIPS.Li/c1-3-4-2;/q-1;+1. The number of rotatable bonds is 1. The molecule has 0 aromatic heterocycles. The Bertz CT molecular complexity index is 13.6. The van der Waals surface area contributed by atoms with Crippen LogP contribution in [0.2, 0.25) is 0 Å². The zero-order chi connectivity index (χ0) is 3.41. The van der Waals surface area contributed by atoms with Crippen LogP contribution in [0.15, 0.2) is 0 Å². The van der Waals surface area contributed by atoms with Crippen LogP contribution >= 0.6 is 37.9 Å². The minimum atomic E-state index is -0.0982. The molecule has 0 saturated heterocycles. The summed E-state index contributed by atoms with van der Waals surface area (Å²) in [6.45, 7) is 0. The Morgan fingerprint density at radius 3 is 2.00 bits per heavy atom. The Labute approximate surface area is 60.5 Å². The predicted octanol–water partition coefficient (Wildman–Crippen LogP) is -0.181. The molecule has 0 fully saturated rings. The third-order valence-corrected chi connectivity index (χ3v) is 1.57. The topological polar surface area (TPSA) is 0 Å². The molecule has 0 radical (unpaired) electrons. The molecule has 0 bridgehead atoms. The van der Waals surface area contributed by atoms with Crippen LogP contribution in [0.3, 0.4) is 0 Å². The van der Waals surface area contributed by atoms with Crippen molar-refractivity contribution in [2.75, 3.05) is 0 Å². The zero-order valence-electron chi connectivity index (χ0n) is 2.61. The molecule has 0 nitrogen and oxygen atoms in total. The molecule has 0 heterocycles. The van der Waals surface area contributed by atoms with Crippen molar-refractivity contribution in [2.24, 2.45) is 0 Å². The van der Waals surface area contributed by atoms with Crippen LogP contribution in [0.25, 0.3) is 0 Å². The maximum absolute atomic E-state index is 10.6. The van der Waals surface area contributed by atoms with E-state index in [1.807, 2.05) is 21.2 Å². The molecule has 0 aliphatic rings. The van der Waals surface area contributed by atoms with Crippen LogP contribution in [-0.2, 0) is 0 Å². The maximum Gasteiger partial charge on any atom is 1.00 e. The van der Waals surface area contributed by atoms with Crippen molar-refractivity contribution in [1.29, 1.82) is 0 Å². The summed E-state index contributed by atoms with van der Waals surface area (Å²) in [4.78, 5) is 0.